The third-order valence-electron chi connectivity index (χ3n) is 11.3. The quantitative estimate of drug-likeness (QED) is 0.175. The maximum absolute atomic E-state index is 9.22. The Balaban J connectivity index is 1.14. The minimum atomic E-state index is -0.695. The molecule has 0 atom stereocenters. The molecular formula is C54H37N5. The molecule has 59 heavy (non-hydrogen) atoms. The summed E-state index contributed by atoms with van der Waals surface area (Å²) in [4.78, 5) is 14.6. The highest BCUT2D eigenvalue weighted by Gasteiger charge is 2.36. The van der Waals surface area contributed by atoms with Gasteiger partial charge in [-0.05, 0) is 74.7 Å². The Kier molecular flexibility index (Phi) is 4.56. The summed E-state index contributed by atoms with van der Waals surface area (Å²) in [7, 11) is 0. The van der Waals surface area contributed by atoms with Crippen LogP contribution in [0.25, 0.3) is 100 Å². The summed E-state index contributed by atoms with van der Waals surface area (Å²) >= 11 is 0. The van der Waals surface area contributed by atoms with Crippen molar-refractivity contribution in [2.24, 2.45) is 0 Å². The molecule has 1 aliphatic carbocycles. The van der Waals surface area contributed by atoms with Crippen molar-refractivity contribution < 1.29 is 21.9 Å². The predicted octanol–water partition coefficient (Wildman–Crippen LogP) is 13.4. The molecule has 1 aliphatic rings. The predicted molar refractivity (Wildman–Crippen MR) is 242 cm³/mol. The fraction of sp³-hybridized carbons (Fsp3) is 0.0556. The van der Waals surface area contributed by atoms with Crippen molar-refractivity contribution in [2.75, 3.05) is 0 Å². The van der Waals surface area contributed by atoms with E-state index in [2.05, 4.69) is 50.2 Å². The van der Waals surface area contributed by atoms with Crippen molar-refractivity contribution in [2.45, 2.75) is 19.3 Å². The average Bonchev–Trinajstić information content (AvgIpc) is 4.20. The van der Waals surface area contributed by atoms with E-state index in [9.17, 15) is 5.48 Å². The minimum Gasteiger partial charge on any atom is -0.278 e. The lowest BCUT2D eigenvalue weighted by atomic mass is 9.82. The molecule has 12 rings (SSSR count). The first-order chi connectivity index (χ1) is 35.7. The van der Waals surface area contributed by atoms with Crippen LogP contribution < -0.4 is 0 Å². The first-order valence-electron chi connectivity index (χ1n) is 26.9. The van der Waals surface area contributed by atoms with E-state index >= 15 is 0 Å². The Labute approximate surface area is 364 Å². The van der Waals surface area contributed by atoms with E-state index in [1.54, 1.807) is 18.2 Å². The molecule has 5 nitrogen and oxygen atoms in total. The van der Waals surface area contributed by atoms with Crippen molar-refractivity contribution in [3.05, 3.63) is 199 Å². The molecule has 0 saturated heterocycles. The van der Waals surface area contributed by atoms with Crippen LogP contribution >= 0.6 is 0 Å². The van der Waals surface area contributed by atoms with Gasteiger partial charge in [0.25, 0.3) is 0 Å². The number of hydrogen-bond acceptors (Lipinski definition) is 3. The molecule has 278 valence electrons. The Hall–Kier alpha value is -7.63. The van der Waals surface area contributed by atoms with Crippen LogP contribution in [0, 0.1) is 0 Å². The first kappa shape index (κ1) is 21.2. The summed E-state index contributed by atoms with van der Waals surface area (Å²) in [5.41, 5.74) is 7.29. The van der Waals surface area contributed by atoms with Crippen LogP contribution in [-0.4, -0.2) is 24.1 Å². The van der Waals surface area contributed by atoms with Gasteiger partial charge in [-0.3, -0.25) is 9.13 Å². The van der Waals surface area contributed by atoms with E-state index in [1.807, 2.05) is 36.4 Å². The van der Waals surface area contributed by atoms with Gasteiger partial charge < -0.3 is 0 Å². The average molecular weight is 772 g/mol. The largest absolute Gasteiger partial charge is 0.278 e. The number of benzene rings is 8. The fourth-order valence-electron chi connectivity index (χ4n) is 8.60. The van der Waals surface area contributed by atoms with Gasteiger partial charge in [0.1, 0.15) is 0 Å². The van der Waals surface area contributed by atoms with Crippen molar-refractivity contribution in [3.8, 4) is 56.7 Å². The maximum Gasteiger partial charge on any atom is 0.240 e. The summed E-state index contributed by atoms with van der Waals surface area (Å²) in [6.45, 7) is 4.46. The number of rotatable bonds is 5. The van der Waals surface area contributed by atoms with Gasteiger partial charge in [-0.1, -0.05) is 171 Å². The molecule has 0 aliphatic heterocycles. The van der Waals surface area contributed by atoms with Gasteiger partial charge in [-0.15, -0.1) is 0 Å². The molecule has 0 bridgehead atoms. The highest BCUT2D eigenvalue weighted by atomic mass is 15.3. The topological polar surface area (TPSA) is 48.5 Å². The summed E-state index contributed by atoms with van der Waals surface area (Å²) in [5.74, 6) is -1.06. The second kappa shape index (κ2) is 12.7. The molecule has 0 saturated carbocycles. The number of hydrogen-bond donors (Lipinski definition) is 0. The lowest BCUT2D eigenvalue weighted by Crippen LogP contribution is -2.14. The van der Waals surface area contributed by atoms with Gasteiger partial charge in [0.15, 0.2) is 5.82 Å². The molecule has 11 aromatic rings. The van der Waals surface area contributed by atoms with Gasteiger partial charge in [0, 0.05) is 32.5 Å². The van der Waals surface area contributed by atoms with Crippen LogP contribution in [0.15, 0.2) is 188 Å². The minimum absolute atomic E-state index is 0.136. The van der Waals surface area contributed by atoms with E-state index in [0.29, 0.717) is 11.1 Å². The van der Waals surface area contributed by atoms with Crippen LogP contribution in [0.1, 0.15) is 46.9 Å². The normalized spacial score (nSPS) is 16.8. The molecule has 0 N–H and O–H groups in total. The second-order valence-corrected chi connectivity index (χ2v) is 14.9. The summed E-state index contributed by atoms with van der Waals surface area (Å²) < 4.78 is 145. The molecule has 3 heterocycles. The van der Waals surface area contributed by atoms with E-state index < -0.39 is 109 Å². The first-order valence-corrected chi connectivity index (χ1v) is 18.9. The summed E-state index contributed by atoms with van der Waals surface area (Å²) in [6.07, 6.45) is 0. The number of nitrogens with zero attached hydrogens (tertiary/aromatic N) is 5. The van der Waals surface area contributed by atoms with Gasteiger partial charge in [0.05, 0.1) is 44.0 Å². The Morgan fingerprint density at radius 2 is 0.881 bits per heavy atom. The second-order valence-electron chi connectivity index (χ2n) is 14.9. The van der Waals surface area contributed by atoms with Crippen molar-refractivity contribution in [1.29, 1.82) is 0 Å². The van der Waals surface area contributed by atoms with Gasteiger partial charge in [-0.2, -0.15) is 15.0 Å². The molecule has 0 radical (unpaired) electrons. The zero-order chi connectivity index (χ0) is 53.2. The monoisotopic (exact) mass is 771 g/mol. The molecule has 0 amide bonds. The van der Waals surface area contributed by atoms with Gasteiger partial charge in [-0.25, -0.2) is 0 Å². The highest BCUT2D eigenvalue weighted by molar-refractivity contribution is 6.10. The van der Waals surface area contributed by atoms with E-state index in [1.165, 1.54) is 22.3 Å². The summed E-state index contributed by atoms with van der Waals surface area (Å²) in [5, 5.41) is -1.04. The number of fused-ring (bicyclic) bond motifs is 9. The highest BCUT2D eigenvalue weighted by Crippen LogP contribution is 2.52. The Morgan fingerprint density at radius 3 is 1.46 bits per heavy atom. The molecule has 0 fully saturated rings. The lowest BCUT2D eigenvalue weighted by Gasteiger charge is -2.21. The van der Waals surface area contributed by atoms with Crippen LogP contribution in [-0.2, 0) is 5.41 Å². The third-order valence-corrected chi connectivity index (χ3v) is 11.3. The molecule has 0 spiro atoms. The SMILES string of the molecule is [2H]c1c([2H])c([2H])c2c(c1[2H])c1c([2H])c([2H])c([2H])c([2H])c1n2-c1nc(-c2cccc(-c3ccc(-c4cccc5c4-c4ccccc4C5(C)C)cc3)c2)nc(-n2c3c([2H])c([2H])c([2H])c([2H])c3c3c([2H])c([2H])c([2H])c([2H])c32)n1. The summed E-state index contributed by atoms with van der Waals surface area (Å²) in [6, 6.07) is 19.5. The van der Waals surface area contributed by atoms with Crippen molar-refractivity contribution in [3.63, 3.8) is 0 Å². The van der Waals surface area contributed by atoms with Crippen molar-refractivity contribution >= 4 is 43.6 Å². The van der Waals surface area contributed by atoms with E-state index in [4.69, 9.17) is 31.4 Å². The molecule has 5 heteroatoms. The van der Waals surface area contributed by atoms with Crippen LogP contribution in [0.2, 0.25) is 0 Å². The van der Waals surface area contributed by atoms with Gasteiger partial charge >= 0.3 is 0 Å². The van der Waals surface area contributed by atoms with Crippen molar-refractivity contribution in [1.82, 2.24) is 24.1 Å². The van der Waals surface area contributed by atoms with Crippen LogP contribution in [0.4, 0.5) is 0 Å². The zero-order valence-electron chi connectivity index (χ0n) is 47.4. The fourth-order valence-corrected chi connectivity index (χ4v) is 8.60. The zero-order valence-corrected chi connectivity index (χ0v) is 31.4. The Bertz CT molecular complexity index is 4080. The van der Waals surface area contributed by atoms with E-state index in [-0.39, 0.29) is 54.9 Å². The molecule has 3 aromatic heterocycles. The molecule has 8 aromatic carbocycles. The van der Waals surface area contributed by atoms with Gasteiger partial charge in [0.2, 0.25) is 11.9 Å². The number of para-hydroxylation sites is 4. The van der Waals surface area contributed by atoms with Crippen LogP contribution in [0.3, 0.4) is 0 Å². The van der Waals surface area contributed by atoms with E-state index in [0.717, 1.165) is 25.8 Å². The lowest BCUT2D eigenvalue weighted by molar-refractivity contribution is 0.660. The maximum atomic E-state index is 9.22. The van der Waals surface area contributed by atoms with Crippen LogP contribution in [0.5, 0.6) is 0 Å². The molecule has 0 unspecified atom stereocenters. The smallest absolute Gasteiger partial charge is 0.240 e. The number of aromatic nitrogens is 5. The third kappa shape index (κ3) is 5.01. The molecular weight excluding hydrogens is 719 g/mol. The standard InChI is InChI=1S/C54H37N5/c1-54(2)44-23-8-3-21-43(44)50-38(22-14-24-45(50)54)35-31-29-34(30-32-35)36-15-13-16-37(33-36)51-55-52(58-46-25-9-4-17-39(46)40-18-5-10-26-47(40)58)57-53(56-51)59-48-27-11-6-19-41(48)42-20-7-12-28-49(42)59/h3-33H,1-2H3/i4D,5D,6D,7D,9D,10D,11D,12D,17D,18D,19D,20D,25D,26D,27D,28D. The Morgan fingerprint density at radius 1 is 0.424 bits per heavy atom.